The zero-order chi connectivity index (χ0) is 17.1. The predicted octanol–water partition coefficient (Wildman–Crippen LogP) is 2.86. The maximum Gasteiger partial charge on any atom is 0.319 e. The third kappa shape index (κ3) is 4.74. The second-order valence-corrected chi connectivity index (χ2v) is 7.55. The van der Waals surface area contributed by atoms with Crippen molar-refractivity contribution < 1.29 is 9.90 Å². The minimum absolute atomic E-state index is 0.111. The highest BCUT2D eigenvalue weighted by Gasteiger charge is 2.25. The van der Waals surface area contributed by atoms with Gasteiger partial charge in [-0.05, 0) is 18.4 Å². The summed E-state index contributed by atoms with van der Waals surface area (Å²) in [5, 5.41) is 17.6. The highest BCUT2D eigenvalue weighted by molar-refractivity contribution is 7.10. The van der Waals surface area contributed by atoms with Gasteiger partial charge in [0.05, 0.1) is 24.6 Å². The van der Waals surface area contributed by atoms with E-state index in [1.54, 1.807) is 19.3 Å². The van der Waals surface area contributed by atoms with E-state index in [1.807, 2.05) is 38.3 Å². The molecule has 0 fully saturated rings. The van der Waals surface area contributed by atoms with Crippen molar-refractivity contribution in [1.29, 1.82) is 0 Å². The van der Waals surface area contributed by atoms with Gasteiger partial charge in [0.25, 0.3) is 0 Å². The van der Waals surface area contributed by atoms with E-state index in [-0.39, 0.29) is 12.0 Å². The summed E-state index contributed by atoms with van der Waals surface area (Å²) in [4.78, 5) is 21.2. The topological polar surface area (TPSA) is 87.1 Å². The van der Waals surface area contributed by atoms with Gasteiger partial charge in [-0.2, -0.15) is 0 Å². The fraction of sp³-hybridized carbons (Fsp3) is 0.438. The number of amides is 2. The van der Waals surface area contributed by atoms with Crippen LogP contribution in [-0.4, -0.2) is 27.7 Å². The lowest BCUT2D eigenvalue weighted by molar-refractivity contribution is 0.0637. The predicted molar refractivity (Wildman–Crippen MR) is 91.6 cm³/mol. The Labute approximate surface area is 140 Å². The first kappa shape index (κ1) is 17.4. The molecule has 1 atom stereocenters. The Morgan fingerprint density at radius 2 is 1.91 bits per heavy atom. The summed E-state index contributed by atoms with van der Waals surface area (Å²) in [7, 11) is 0. The number of thiophene rings is 1. The van der Waals surface area contributed by atoms with Crippen molar-refractivity contribution in [2.45, 2.75) is 38.7 Å². The van der Waals surface area contributed by atoms with Crippen LogP contribution in [0.1, 0.15) is 38.4 Å². The summed E-state index contributed by atoms with van der Waals surface area (Å²) in [6.07, 6.45) is 3.15. The molecule has 0 aliphatic rings. The second-order valence-electron chi connectivity index (χ2n) is 6.60. The summed E-state index contributed by atoms with van der Waals surface area (Å²) in [6, 6.07) is 3.29. The molecule has 0 radical (unpaired) electrons. The van der Waals surface area contributed by atoms with Crippen LogP contribution in [0.2, 0.25) is 0 Å². The average Bonchev–Trinajstić information content (AvgIpc) is 3.00. The van der Waals surface area contributed by atoms with Crippen molar-refractivity contribution in [3.05, 3.63) is 40.6 Å². The zero-order valence-corrected chi connectivity index (χ0v) is 14.6. The molecule has 0 saturated carbocycles. The van der Waals surface area contributed by atoms with Gasteiger partial charge in [-0.25, -0.2) is 14.8 Å². The lowest BCUT2D eigenvalue weighted by atomic mass is 9.96. The van der Waals surface area contributed by atoms with Crippen molar-refractivity contribution in [1.82, 2.24) is 15.3 Å². The number of aliphatic hydroxyl groups is 1. The van der Waals surface area contributed by atoms with Crippen LogP contribution in [0.5, 0.6) is 0 Å². The van der Waals surface area contributed by atoms with Crippen LogP contribution in [-0.2, 0) is 11.0 Å². The zero-order valence-electron chi connectivity index (χ0n) is 13.8. The molecule has 0 aromatic carbocycles. The molecule has 2 aromatic heterocycles. The lowest BCUT2D eigenvalue weighted by Gasteiger charge is -2.22. The molecule has 3 N–H and O–H groups in total. The van der Waals surface area contributed by atoms with Gasteiger partial charge in [0.2, 0.25) is 0 Å². The van der Waals surface area contributed by atoms with Crippen LogP contribution < -0.4 is 10.6 Å². The Kier molecular flexibility index (Phi) is 5.01. The Bertz CT molecular complexity index is 646. The molecule has 6 nitrogen and oxygen atoms in total. The van der Waals surface area contributed by atoms with Gasteiger partial charge in [0.15, 0.2) is 0 Å². The largest absolute Gasteiger partial charge is 0.383 e. The van der Waals surface area contributed by atoms with Gasteiger partial charge in [0, 0.05) is 10.3 Å². The van der Waals surface area contributed by atoms with Crippen LogP contribution in [0.15, 0.2) is 29.9 Å². The number of hydrogen-bond donors (Lipinski definition) is 3. The maximum absolute atomic E-state index is 11.9. The quantitative estimate of drug-likeness (QED) is 0.802. The number of anilines is 1. The summed E-state index contributed by atoms with van der Waals surface area (Å²) < 4.78 is 0. The van der Waals surface area contributed by atoms with Crippen LogP contribution in [0, 0.1) is 0 Å². The number of hydrogen-bond acceptors (Lipinski definition) is 5. The molecule has 2 rings (SSSR count). The molecule has 0 aliphatic heterocycles. The first-order chi connectivity index (χ1) is 10.7. The highest BCUT2D eigenvalue weighted by atomic mass is 32.1. The Morgan fingerprint density at radius 1 is 1.26 bits per heavy atom. The van der Waals surface area contributed by atoms with E-state index in [0.717, 1.165) is 4.88 Å². The molecule has 0 bridgehead atoms. The fourth-order valence-electron chi connectivity index (χ4n) is 1.88. The van der Waals surface area contributed by atoms with E-state index >= 15 is 0 Å². The summed E-state index contributed by atoms with van der Waals surface area (Å²) in [6.45, 7) is 7.85. The lowest BCUT2D eigenvalue weighted by Crippen LogP contribution is -2.40. The summed E-state index contributed by atoms with van der Waals surface area (Å²) in [5.41, 5.74) is -0.732. The Balaban J connectivity index is 1.90. The molecule has 0 aliphatic carbocycles. The van der Waals surface area contributed by atoms with Gasteiger partial charge in [-0.15, -0.1) is 11.3 Å². The second kappa shape index (κ2) is 6.64. The monoisotopic (exact) mass is 334 g/mol. The highest BCUT2D eigenvalue weighted by Crippen LogP contribution is 2.24. The first-order valence-corrected chi connectivity index (χ1v) is 8.20. The van der Waals surface area contributed by atoms with E-state index in [1.165, 1.54) is 11.3 Å². The van der Waals surface area contributed by atoms with Gasteiger partial charge in [-0.3, -0.25) is 0 Å². The van der Waals surface area contributed by atoms with Crippen molar-refractivity contribution in [3.8, 4) is 0 Å². The van der Waals surface area contributed by atoms with E-state index in [0.29, 0.717) is 11.5 Å². The number of nitrogens with zero attached hydrogens (tertiary/aromatic N) is 2. The smallest absolute Gasteiger partial charge is 0.319 e. The summed E-state index contributed by atoms with van der Waals surface area (Å²) >= 11 is 1.45. The average molecular weight is 334 g/mol. The van der Waals surface area contributed by atoms with Gasteiger partial charge >= 0.3 is 6.03 Å². The number of urea groups is 1. The van der Waals surface area contributed by atoms with Crippen LogP contribution in [0.4, 0.5) is 10.5 Å². The van der Waals surface area contributed by atoms with E-state index < -0.39 is 11.6 Å². The Hall–Kier alpha value is -1.99. The minimum Gasteiger partial charge on any atom is -0.383 e. The Morgan fingerprint density at radius 3 is 2.43 bits per heavy atom. The normalized spacial score (nSPS) is 14.1. The molecule has 1 unspecified atom stereocenters. The van der Waals surface area contributed by atoms with E-state index in [9.17, 15) is 9.90 Å². The van der Waals surface area contributed by atoms with Crippen molar-refractivity contribution in [2.24, 2.45) is 0 Å². The third-order valence-corrected chi connectivity index (χ3v) is 4.35. The molecular formula is C16H22N4O2S. The number of nitrogens with one attached hydrogen (secondary N) is 2. The third-order valence-electron chi connectivity index (χ3n) is 3.23. The fourth-order valence-corrected chi connectivity index (χ4v) is 2.67. The number of carbonyl (C=O) groups excluding carboxylic acids is 1. The molecule has 2 heterocycles. The SMILES string of the molecule is CC(C)(C)c1ncc(NC(=O)NCC(C)(O)c2cccs2)cn1. The number of aromatic nitrogens is 2. The van der Waals surface area contributed by atoms with E-state index in [2.05, 4.69) is 20.6 Å². The van der Waals surface area contributed by atoms with Crippen LogP contribution in [0.3, 0.4) is 0 Å². The molecule has 2 amide bonds. The maximum atomic E-state index is 11.9. The summed E-state index contributed by atoms with van der Waals surface area (Å²) in [5.74, 6) is 0.712. The van der Waals surface area contributed by atoms with Crippen molar-refractivity contribution in [3.63, 3.8) is 0 Å². The molecule has 23 heavy (non-hydrogen) atoms. The first-order valence-electron chi connectivity index (χ1n) is 7.32. The van der Waals surface area contributed by atoms with Gasteiger partial charge in [-0.1, -0.05) is 26.8 Å². The standard InChI is InChI=1S/C16H22N4O2S/c1-15(2,3)13-17-8-11(9-18-13)20-14(21)19-10-16(4,22)12-6-5-7-23-12/h5-9,22H,10H2,1-4H3,(H2,19,20,21). The minimum atomic E-state index is -1.10. The molecule has 0 saturated heterocycles. The van der Waals surface area contributed by atoms with E-state index in [4.69, 9.17) is 0 Å². The van der Waals surface area contributed by atoms with Gasteiger partial charge < -0.3 is 15.7 Å². The molecule has 7 heteroatoms. The molecular weight excluding hydrogens is 312 g/mol. The molecule has 0 spiro atoms. The van der Waals surface area contributed by atoms with Crippen LogP contribution >= 0.6 is 11.3 Å². The molecule has 124 valence electrons. The van der Waals surface area contributed by atoms with Crippen LogP contribution in [0.25, 0.3) is 0 Å². The van der Waals surface area contributed by atoms with Crippen molar-refractivity contribution in [2.75, 3.05) is 11.9 Å². The van der Waals surface area contributed by atoms with Crippen molar-refractivity contribution >= 4 is 23.1 Å². The number of rotatable bonds is 4. The number of carbonyl (C=O) groups is 1. The molecule has 2 aromatic rings. The van der Waals surface area contributed by atoms with Gasteiger partial charge in [0.1, 0.15) is 11.4 Å².